The number of fused-ring (bicyclic) bond motifs is 10. The summed E-state index contributed by atoms with van der Waals surface area (Å²) in [7, 11) is 0. The highest BCUT2D eigenvalue weighted by atomic mass is 32.1. The van der Waals surface area contributed by atoms with Crippen molar-refractivity contribution in [1.82, 2.24) is 9.13 Å². The van der Waals surface area contributed by atoms with Crippen molar-refractivity contribution in [3.63, 3.8) is 0 Å². The van der Waals surface area contributed by atoms with E-state index in [-0.39, 0.29) is 0 Å². The molecule has 0 spiro atoms. The average Bonchev–Trinajstić information content (AvgIpc) is 3.98. The van der Waals surface area contributed by atoms with Gasteiger partial charge in [0, 0.05) is 70.2 Å². The van der Waals surface area contributed by atoms with Crippen LogP contribution in [0.15, 0.2) is 224 Å². The molecule has 0 saturated heterocycles. The second kappa shape index (κ2) is 13.8. The number of benzene rings is 10. The van der Waals surface area contributed by atoms with Crippen LogP contribution in [0.5, 0.6) is 0 Å². The van der Waals surface area contributed by atoms with Crippen molar-refractivity contribution in [2.24, 2.45) is 0 Å². The van der Waals surface area contributed by atoms with Crippen molar-refractivity contribution in [3.05, 3.63) is 224 Å². The van der Waals surface area contributed by atoms with Crippen molar-refractivity contribution in [3.8, 4) is 22.5 Å². The van der Waals surface area contributed by atoms with E-state index >= 15 is 0 Å². The van der Waals surface area contributed by atoms with E-state index in [1.165, 1.54) is 85.7 Å². The fraction of sp³-hybridized carbons (Fsp3) is 0. The summed E-state index contributed by atoms with van der Waals surface area (Å²) in [5.41, 5.74) is 12.8. The zero-order chi connectivity index (χ0) is 40.7. The quantitative estimate of drug-likeness (QED) is 0.163. The predicted molar refractivity (Wildman–Crippen MR) is 266 cm³/mol. The van der Waals surface area contributed by atoms with E-state index < -0.39 is 0 Å². The van der Waals surface area contributed by atoms with E-state index in [0.717, 1.165) is 28.4 Å². The fourth-order valence-electron chi connectivity index (χ4n) is 9.80. The van der Waals surface area contributed by atoms with Gasteiger partial charge in [0.25, 0.3) is 0 Å². The molecule has 0 aliphatic carbocycles. The molecule has 0 bridgehead atoms. The van der Waals surface area contributed by atoms with E-state index in [4.69, 9.17) is 0 Å². The highest BCUT2D eigenvalue weighted by Gasteiger charge is 2.19. The molecule has 0 radical (unpaired) electrons. The van der Waals surface area contributed by atoms with Crippen LogP contribution in [0.1, 0.15) is 0 Å². The SMILES string of the molecule is c1ccc(-n2c3ccccc3c3cc(N(c4ccc(-c5ccc(-n6c7ccccc7c7cc8ccccc8cc76)cc5)cc4)c4ccc5c(c4)sc4ccccc45)ccc32)cc1. The molecule has 10 aromatic carbocycles. The van der Waals surface area contributed by atoms with Gasteiger partial charge in [-0.1, -0.05) is 127 Å². The van der Waals surface area contributed by atoms with Gasteiger partial charge in [-0.25, -0.2) is 0 Å². The molecule has 3 nitrogen and oxygen atoms in total. The lowest BCUT2D eigenvalue weighted by molar-refractivity contribution is 1.18. The Balaban J connectivity index is 0.921. The lowest BCUT2D eigenvalue weighted by Crippen LogP contribution is -2.09. The summed E-state index contributed by atoms with van der Waals surface area (Å²) in [4.78, 5) is 2.41. The van der Waals surface area contributed by atoms with Crippen LogP contribution in [-0.4, -0.2) is 9.13 Å². The molecule has 0 aliphatic heterocycles. The lowest BCUT2D eigenvalue weighted by Gasteiger charge is -2.26. The minimum Gasteiger partial charge on any atom is -0.310 e. The van der Waals surface area contributed by atoms with Gasteiger partial charge in [0.15, 0.2) is 0 Å². The number of nitrogens with zero attached hydrogens (tertiary/aromatic N) is 3. The number of aromatic nitrogens is 2. The van der Waals surface area contributed by atoms with Gasteiger partial charge in [0.05, 0.1) is 22.1 Å². The van der Waals surface area contributed by atoms with Crippen LogP contribution < -0.4 is 4.90 Å². The topological polar surface area (TPSA) is 13.1 Å². The third kappa shape index (κ3) is 5.44. The molecular formula is C58H37N3S. The summed E-state index contributed by atoms with van der Waals surface area (Å²) in [6.45, 7) is 0. The molecule has 0 unspecified atom stereocenters. The zero-order valence-corrected chi connectivity index (χ0v) is 34.4. The van der Waals surface area contributed by atoms with Crippen molar-refractivity contribution >= 4 is 103 Å². The van der Waals surface area contributed by atoms with Gasteiger partial charge >= 0.3 is 0 Å². The minimum absolute atomic E-state index is 1.11. The number of hydrogen-bond acceptors (Lipinski definition) is 2. The summed E-state index contributed by atoms with van der Waals surface area (Å²) >= 11 is 1.86. The molecule has 4 heteroatoms. The van der Waals surface area contributed by atoms with Gasteiger partial charge in [0.1, 0.15) is 0 Å². The Morgan fingerprint density at radius 1 is 0.290 bits per heavy atom. The van der Waals surface area contributed by atoms with Crippen molar-refractivity contribution in [1.29, 1.82) is 0 Å². The highest BCUT2D eigenvalue weighted by molar-refractivity contribution is 7.25. The molecule has 0 amide bonds. The van der Waals surface area contributed by atoms with E-state index in [1.807, 2.05) is 11.3 Å². The molecule has 13 aromatic rings. The van der Waals surface area contributed by atoms with Gasteiger partial charge in [-0.05, 0) is 119 Å². The average molecular weight is 808 g/mol. The first-order valence-electron chi connectivity index (χ1n) is 21.2. The fourth-order valence-corrected chi connectivity index (χ4v) is 10.9. The number of para-hydroxylation sites is 3. The highest BCUT2D eigenvalue weighted by Crippen LogP contribution is 2.43. The maximum Gasteiger partial charge on any atom is 0.0547 e. The summed E-state index contributed by atoms with van der Waals surface area (Å²) in [5.74, 6) is 0. The molecule has 0 fully saturated rings. The predicted octanol–water partition coefficient (Wildman–Crippen LogP) is 16.5. The molecule has 3 aromatic heterocycles. The normalized spacial score (nSPS) is 11.9. The minimum atomic E-state index is 1.11. The maximum atomic E-state index is 2.41. The third-order valence-corrected chi connectivity index (χ3v) is 13.8. The smallest absolute Gasteiger partial charge is 0.0547 e. The Morgan fingerprint density at radius 3 is 1.53 bits per heavy atom. The first-order valence-corrected chi connectivity index (χ1v) is 22.0. The Hall–Kier alpha value is -7.92. The van der Waals surface area contributed by atoms with Crippen molar-refractivity contribution < 1.29 is 0 Å². The summed E-state index contributed by atoms with van der Waals surface area (Å²) in [5, 5.41) is 10.1. The van der Waals surface area contributed by atoms with Gasteiger partial charge in [0.2, 0.25) is 0 Å². The maximum absolute atomic E-state index is 2.41. The third-order valence-electron chi connectivity index (χ3n) is 12.7. The number of rotatable bonds is 6. The van der Waals surface area contributed by atoms with E-state index in [9.17, 15) is 0 Å². The van der Waals surface area contributed by atoms with E-state index in [1.54, 1.807) is 0 Å². The Kier molecular flexibility index (Phi) is 7.78. The second-order valence-electron chi connectivity index (χ2n) is 16.2. The molecule has 0 atom stereocenters. The van der Waals surface area contributed by atoms with Gasteiger partial charge < -0.3 is 14.0 Å². The summed E-state index contributed by atoms with van der Waals surface area (Å²) < 4.78 is 7.38. The van der Waals surface area contributed by atoms with Crippen molar-refractivity contribution in [2.45, 2.75) is 0 Å². The first kappa shape index (κ1) is 34.9. The van der Waals surface area contributed by atoms with Crippen LogP contribution in [0.4, 0.5) is 17.1 Å². The van der Waals surface area contributed by atoms with Crippen LogP contribution in [0.25, 0.3) is 97.1 Å². The van der Waals surface area contributed by atoms with Gasteiger partial charge in [-0.2, -0.15) is 0 Å². The van der Waals surface area contributed by atoms with Gasteiger partial charge in [-0.3, -0.25) is 0 Å². The largest absolute Gasteiger partial charge is 0.310 e. The monoisotopic (exact) mass is 807 g/mol. The molecule has 0 aliphatic rings. The Bertz CT molecular complexity index is 3850. The molecule has 0 saturated carbocycles. The summed E-state index contributed by atoms with van der Waals surface area (Å²) in [6, 6.07) is 82.2. The number of thiophene rings is 1. The number of anilines is 3. The lowest BCUT2D eigenvalue weighted by atomic mass is 10.0. The Morgan fingerprint density at radius 2 is 0.790 bits per heavy atom. The van der Waals surface area contributed by atoms with Crippen LogP contribution in [0.2, 0.25) is 0 Å². The molecule has 3 heterocycles. The van der Waals surface area contributed by atoms with E-state index in [0.29, 0.717) is 0 Å². The molecule has 13 rings (SSSR count). The molecular weight excluding hydrogens is 771 g/mol. The second-order valence-corrected chi connectivity index (χ2v) is 17.3. The zero-order valence-electron chi connectivity index (χ0n) is 33.6. The molecule has 62 heavy (non-hydrogen) atoms. The standard InChI is InChI=1S/C58H37N3S/c1-2-14-42(15-3-1)60-53-19-9-7-17-48(53)52-36-45(31-33-55(52)60)59(46-30-32-50-49-18-8-11-21-57(49)62-58(50)37-46)43-26-22-38(23-27-43)39-24-28-44(29-25-39)61-54-20-10-6-16-47(54)51-34-40-12-4-5-13-41(40)35-56(51)61/h1-37H. The van der Waals surface area contributed by atoms with Crippen LogP contribution in [0.3, 0.4) is 0 Å². The molecule has 0 N–H and O–H groups in total. The van der Waals surface area contributed by atoms with Crippen LogP contribution in [0, 0.1) is 0 Å². The number of hydrogen-bond donors (Lipinski definition) is 0. The van der Waals surface area contributed by atoms with Gasteiger partial charge in [-0.15, -0.1) is 11.3 Å². The van der Waals surface area contributed by atoms with Crippen LogP contribution in [-0.2, 0) is 0 Å². The molecule has 290 valence electrons. The van der Waals surface area contributed by atoms with E-state index in [2.05, 4.69) is 238 Å². The van der Waals surface area contributed by atoms with Crippen molar-refractivity contribution in [2.75, 3.05) is 4.90 Å². The Labute approximate surface area is 362 Å². The summed E-state index contributed by atoms with van der Waals surface area (Å²) in [6.07, 6.45) is 0. The van der Waals surface area contributed by atoms with Crippen LogP contribution >= 0.6 is 11.3 Å². The first-order chi connectivity index (χ1) is 30.7.